The van der Waals surface area contributed by atoms with Crippen LogP contribution < -0.4 is 0 Å². The van der Waals surface area contributed by atoms with Crippen molar-refractivity contribution in [3.8, 4) is 0 Å². The lowest BCUT2D eigenvalue weighted by molar-refractivity contribution is 0.144. The van der Waals surface area contributed by atoms with Gasteiger partial charge in [-0.3, -0.25) is 4.90 Å². The van der Waals surface area contributed by atoms with Gasteiger partial charge in [-0.15, -0.1) is 0 Å². The maximum atomic E-state index is 7.62. The number of nitrogens with zero attached hydrogens (tertiary/aromatic N) is 1. The molecule has 0 aromatic rings. The van der Waals surface area contributed by atoms with Crippen LogP contribution in [0.4, 0.5) is 0 Å². The molecule has 0 aromatic carbocycles. The summed E-state index contributed by atoms with van der Waals surface area (Å²) in [4.78, 5) is 2.38. The molecule has 2 unspecified atom stereocenters. The Labute approximate surface area is 62.8 Å². The summed E-state index contributed by atoms with van der Waals surface area (Å²) in [7, 11) is 0. The Morgan fingerprint density at radius 1 is 1.40 bits per heavy atom. The van der Waals surface area contributed by atoms with Crippen LogP contribution in [0.3, 0.4) is 0 Å². The van der Waals surface area contributed by atoms with Gasteiger partial charge in [0, 0.05) is 18.5 Å². The molecule has 2 nitrogen and oxygen atoms in total. The van der Waals surface area contributed by atoms with Gasteiger partial charge in [-0.05, 0) is 13.8 Å². The predicted molar refractivity (Wildman–Crippen MR) is 43.3 cm³/mol. The average molecular weight is 144 g/mol. The first-order valence-electron chi connectivity index (χ1n) is 4.06. The van der Waals surface area contributed by atoms with E-state index in [0.717, 1.165) is 13.1 Å². The summed E-state index contributed by atoms with van der Waals surface area (Å²) in [6.45, 7) is 8.65. The Morgan fingerprint density at radius 2 is 2.00 bits per heavy atom. The van der Waals surface area contributed by atoms with Crippen molar-refractivity contribution >= 4 is 0 Å². The van der Waals surface area contributed by atoms with Crippen LogP contribution in [0, 0.1) is 5.92 Å². The first-order chi connectivity index (χ1) is 4.61. The summed E-state index contributed by atoms with van der Waals surface area (Å²) in [5, 5.41) is 7.62. The minimum absolute atomic E-state index is 0.155. The zero-order valence-corrected chi connectivity index (χ0v) is 7.09. The summed E-state index contributed by atoms with van der Waals surface area (Å²) in [5.41, 5.74) is 0. The van der Waals surface area contributed by atoms with Crippen molar-refractivity contribution in [2.24, 2.45) is 5.92 Å². The fraction of sp³-hybridized carbons (Fsp3) is 1.00. The Hall–Kier alpha value is -0.0800. The molecule has 2 heteroatoms. The highest BCUT2D eigenvalue weighted by molar-refractivity contribution is 4.82. The molecule has 0 radical (unpaired) electrons. The van der Waals surface area contributed by atoms with Gasteiger partial charge >= 0.3 is 0 Å². The van der Waals surface area contributed by atoms with Crippen molar-refractivity contribution in [3.05, 3.63) is 0 Å². The van der Waals surface area contributed by atoms with Crippen molar-refractivity contribution in [3.63, 3.8) is 0 Å². The van der Waals surface area contributed by atoms with E-state index in [1.54, 1.807) is 0 Å². The fourth-order valence-corrected chi connectivity index (χ4v) is 1.43. The van der Waals surface area contributed by atoms with Gasteiger partial charge in [0.1, 0.15) is 0 Å². The van der Waals surface area contributed by atoms with Crippen molar-refractivity contribution < 1.29 is 5.11 Å². The molecule has 0 saturated carbocycles. The second-order valence-electron chi connectivity index (χ2n) is 3.63. The molecule has 0 aliphatic carbocycles. The van der Waals surface area contributed by atoms with Gasteiger partial charge in [-0.1, -0.05) is 6.92 Å². The maximum absolute atomic E-state index is 7.62. The number of rotatable bonds is 1. The largest absolute Gasteiger partial charge is 0.442 e. The summed E-state index contributed by atoms with van der Waals surface area (Å²) in [5.74, 6) is 0.572. The lowest BCUT2D eigenvalue weighted by atomic mass is 10.1. The standard InChI is InChI=1S/C8H17NO/c1-6(2)9-4-7(3)8(10)5-9/h6-8,10H,4-5H2,1-3H3/p+1. The van der Waals surface area contributed by atoms with Crippen molar-refractivity contribution in [2.45, 2.75) is 32.9 Å². The number of likely N-dealkylation sites (tertiary alicyclic amines) is 1. The molecular formula is C8H18NO+. The Kier molecular flexibility index (Phi) is 2.32. The molecule has 2 N–H and O–H groups in total. The molecule has 1 aliphatic heterocycles. The van der Waals surface area contributed by atoms with E-state index < -0.39 is 0 Å². The molecule has 1 rings (SSSR count). The van der Waals surface area contributed by atoms with Crippen molar-refractivity contribution in [2.75, 3.05) is 13.1 Å². The van der Waals surface area contributed by atoms with Crippen LogP contribution >= 0.6 is 0 Å². The van der Waals surface area contributed by atoms with Crippen LogP contribution in [0.1, 0.15) is 20.8 Å². The van der Waals surface area contributed by atoms with Crippen LogP contribution in [-0.4, -0.2) is 35.2 Å². The normalized spacial score (nSPS) is 35.7. The summed E-state index contributed by atoms with van der Waals surface area (Å²) in [6, 6.07) is 0.623. The molecule has 1 saturated heterocycles. The third kappa shape index (κ3) is 1.50. The van der Waals surface area contributed by atoms with E-state index in [2.05, 4.69) is 25.7 Å². The fourth-order valence-electron chi connectivity index (χ4n) is 1.43. The Morgan fingerprint density at radius 3 is 2.20 bits per heavy atom. The minimum atomic E-state index is 0.155. The molecule has 1 fully saturated rings. The van der Waals surface area contributed by atoms with Gasteiger partial charge in [0.25, 0.3) is 0 Å². The van der Waals surface area contributed by atoms with Crippen LogP contribution in [0.5, 0.6) is 0 Å². The van der Waals surface area contributed by atoms with E-state index in [0.29, 0.717) is 12.0 Å². The first-order valence-corrected chi connectivity index (χ1v) is 4.06. The van der Waals surface area contributed by atoms with E-state index in [9.17, 15) is 0 Å². The highest BCUT2D eigenvalue weighted by Crippen LogP contribution is 2.17. The van der Waals surface area contributed by atoms with Crippen molar-refractivity contribution in [1.29, 1.82) is 0 Å². The van der Waals surface area contributed by atoms with Gasteiger partial charge in [0.05, 0.1) is 6.54 Å². The smallest absolute Gasteiger partial charge is 0.170 e. The van der Waals surface area contributed by atoms with E-state index in [1.165, 1.54) is 0 Å². The van der Waals surface area contributed by atoms with Crippen LogP contribution in [0.25, 0.3) is 0 Å². The molecule has 1 aliphatic rings. The van der Waals surface area contributed by atoms with E-state index in [4.69, 9.17) is 5.11 Å². The van der Waals surface area contributed by atoms with Gasteiger partial charge in [0.2, 0.25) is 0 Å². The predicted octanol–water partition coefficient (Wildman–Crippen LogP) is 0.440. The van der Waals surface area contributed by atoms with E-state index in [-0.39, 0.29) is 6.10 Å². The summed E-state index contributed by atoms with van der Waals surface area (Å²) >= 11 is 0. The third-order valence-corrected chi connectivity index (χ3v) is 2.37. The Balaban J connectivity index is 2.41. The van der Waals surface area contributed by atoms with E-state index >= 15 is 0 Å². The summed E-state index contributed by atoms with van der Waals surface area (Å²) in [6.07, 6.45) is 0.155. The topological polar surface area (TPSA) is 26.1 Å². The first kappa shape index (κ1) is 8.02. The summed E-state index contributed by atoms with van der Waals surface area (Å²) < 4.78 is 0. The highest BCUT2D eigenvalue weighted by Gasteiger charge is 2.32. The zero-order chi connectivity index (χ0) is 7.72. The molecule has 1 heterocycles. The molecule has 0 spiro atoms. The second kappa shape index (κ2) is 2.89. The zero-order valence-electron chi connectivity index (χ0n) is 7.09. The second-order valence-corrected chi connectivity index (χ2v) is 3.63. The Bertz CT molecular complexity index is 104. The lowest BCUT2D eigenvalue weighted by Gasteiger charge is -2.18. The van der Waals surface area contributed by atoms with Gasteiger partial charge < -0.3 is 5.11 Å². The lowest BCUT2D eigenvalue weighted by Crippen LogP contribution is -2.29. The average Bonchev–Trinajstić information content (AvgIpc) is 2.13. The maximum Gasteiger partial charge on any atom is 0.170 e. The van der Waals surface area contributed by atoms with Crippen LogP contribution in [-0.2, 0) is 0 Å². The SMILES string of the molecule is CC1CN(C(C)C)CC1[OH2+]. The van der Waals surface area contributed by atoms with Gasteiger partial charge in [0.15, 0.2) is 6.10 Å². The highest BCUT2D eigenvalue weighted by atomic mass is 16.3. The number of hydrogen-bond donors (Lipinski definition) is 0. The van der Waals surface area contributed by atoms with Crippen molar-refractivity contribution in [1.82, 2.24) is 4.90 Å². The molecule has 0 bridgehead atoms. The third-order valence-electron chi connectivity index (χ3n) is 2.37. The monoisotopic (exact) mass is 144 g/mol. The molecular weight excluding hydrogens is 126 g/mol. The molecule has 60 valence electrons. The molecule has 0 aromatic heterocycles. The molecule has 2 atom stereocenters. The van der Waals surface area contributed by atoms with Gasteiger partial charge in [-0.25, -0.2) is 0 Å². The number of hydrogen-bond acceptors (Lipinski definition) is 1. The molecule has 10 heavy (non-hydrogen) atoms. The van der Waals surface area contributed by atoms with Crippen LogP contribution in [0.15, 0.2) is 0 Å². The van der Waals surface area contributed by atoms with E-state index in [1.807, 2.05) is 0 Å². The quantitative estimate of drug-likeness (QED) is 0.490. The molecule has 0 amide bonds. The van der Waals surface area contributed by atoms with Gasteiger partial charge in [-0.2, -0.15) is 0 Å². The minimum Gasteiger partial charge on any atom is -0.442 e. The van der Waals surface area contributed by atoms with Crippen LogP contribution in [0.2, 0.25) is 0 Å².